The lowest BCUT2D eigenvalue weighted by atomic mass is 9.93. The second-order valence-corrected chi connectivity index (χ2v) is 16.6. The zero-order valence-corrected chi connectivity index (χ0v) is 26.8. The molecular weight excluding hydrogens is 564 g/mol. The smallest absolute Gasteiger partial charge is 0.261 e. The fourth-order valence-electron chi connectivity index (χ4n) is 6.18. The lowest BCUT2D eigenvalue weighted by Crippen LogP contribution is -2.66. The maximum absolute atomic E-state index is 14.1. The van der Waals surface area contributed by atoms with E-state index in [-0.39, 0.29) is 16.9 Å². The first-order chi connectivity index (χ1) is 21.2. The quantitative estimate of drug-likeness (QED) is 0.138. The van der Waals surface area contributed by atoms with Gasteiger partial charge in [-0.05, 0) is 68.2 Å². The third kappa shape index (κ3) is 6.86. The van der Waals surface area contributed by atoms with Crippen LogP contribution in [0.15, 0.2) is 133 Å². The van der Waals surface area contributed by atoms with Crippen molar-refractivity contribution in [2.75, 3.05) is 13.2 Å². The van der Waals surface area contributed by atoms with Crippen LogP contribution in [0.1, 0.15) is 44.7 Å². The van der Waals surface area contributed by atoms with Crippen LogP contribution in [0.3, 0.4) is 0 Å². The van der Waals surface area contributed by atoms with E-state index in [0.29, 0.717) is 18.8 Å². The highest BCUT2D eigenvalue weighted by Crippen LogP contribution is 2.38. The van der Waals surface area contributed by atoms with E-state index in [2.05, 4.69) is 106 Å². The Morgan fingerprint density at radius 3 is 2.09 bits per heavy atom. The average Bonchev–Trinajstić information content (AvgIpc) is 3.51. The Kier molecular flexibility index (Phi) is 9.79. The third-order valence-electron chi connectivity index (χ3n) is 8.37. The number of hydrogen-bond acceptors (Lipinski definition) is 3. The average molecular weight is 605 g/mol. The van der Waals surface area contributed by atoms with Gasteiger partial charge < -0.3 is 14.3 Å². The molecule has 0 aliphatic carbocycles. The second-order valence-electron chi connectivity index (χ2n) is 12.3. The highest BCUT2D eigenvalue weighted by molar-refractivity contribution is 6.99. The first-order valence-electron chi connectivity index (χ1n) is 15.2. The van der Waals surface area contributed by atoms with Crippen LogP contribution in [0, 0.1) is 5.82 Å². The maximum atomic E-state index is 14.1. The number of benzene rings is 4. The van der Waals surface area contributed by atoms with Crippen molar-refractivity contribution in [2.24, 2.45) is 0 Å². The topological polar surface area (TPSA) is 38.7 Å². The van der Waals surface area contributed by atoms with Crippen LogP contribution >= 0.6 is 0 Å². The highest BCUT2D eigenvalue weighted by atomic mass is 28.4. The number of hydrogen-bond donors (Lipinski definition) is 1. The number of aromatic hydroxyl groups is 1. The third-order valence-corrected chi connectivity index (χ3v) is 13.4. The molecule has 0 saturated carbocycles. The lowest BCUT2D eigenvalue weighted by molar-refractivity contribution is 0.117. The van der Waals surface area contributed by atoms with E-state index in [1.165, 1.54) is 22.5 Å². The van der Waals surface area contributed by atoms with E-state index < -0.39 is 14.1 Å². The van der Waals surface area contributed by atoms with E-state index >= 15 is 0 Å². The summed E-state index contributed by atoms with van der Waals surface area (Å²) in [4.78, 5) is 0. The Morgan fingerprint density at radius 2 is 1.52 bits per heavy atom. The molecule has 0 bridgehead atoms. The summed E-state index contributed by atoms with van der Waals surface area (Å²) < 4.78 is 27.5. The minimum atomic E-state index is -2.70. The van der Waals surface area contributed by atoms with Crippen molar-refractivity contribution in [2.45, 2.75) is 44.8 Å². The van der Waals surface area contributed by atoms with Crippen LogP contribution in [-0.2, 0) is 9.16 Å². The monoisotopic (exact) mass is 604 g/mol. The van der Waals surface area contributed by atoms with Gasteiger partial charge >= 0.3 is 0 Å². The molecule has 1 atom stereocenters. The SMILES string of the molecule is C=C(CO[Si](c1ccccc1)(c1ccccc1)C(C)(C)C)C1=CCOC1CC/C(=C/c1ccc(O)c(F)c1)c1ccccc1. The Morgan fingerprint density at radius 1 is 0.932 bits per heavy atom. The van der Waals surface area contributed by atoms with Crippen LogP contribution < -0.4 is 10.4 Å². The molecular formula is C39H41FO3Si. The standard InChI is InChI=1S/C39H41FO3Si/c1-29(28-43-44(39(2,3)4,33-16-10-6-11-17-33)34-18-12-7-13-19-34)35-24-25-42-38(35)23-21-32(31-14-8-5-9-15-31)26-30-20-22-37(41)36(40)27-30/h5-20,22,24,26-27,38,41H,1,21,23,25,28H2,2-4H3/b32-26-. The van der Waals surface area contributed by atoms with E-state index in [0.717, 1.165) is 35.1 Å². The minimum absolute atomic E-state index is 0.117. The number of phenolic OH excluding ortho intramolecular Hbond substituents is 1. The summed E-state index contributed by atoms with van der Waals surface area (Å²) in [5, 5.41) is 12.0. The number of halogens is 1. The van der Waals surface area contributed by atoms with Crippen molar-refractivity contribution in [1.82, 2.24) is 0 Å². The molecule has 44 heavy (non-hydrogen) atoms. The summed E-state index contributed by atoms with van der Waals surface area (Å²) in [6, 6.07) is 35.9. The molecule has 0 radical (unpaired) electrons. The Bertz CT molecular complexity index is 1580. The molecule has 1 aliphatic rings. The largest absolute Gasteiger partial charge is 0.505 e. The van der Waals surface area contributed by atoms with Gasteiger partial charge in [0.25, 0.3) is 8.32 Å². The zero-order chi connectivity index (χ0) is 31.2. The molecule has 0 aromatic heterocycles. The molecule has 3 nitrogen and oxygen atoms in total. The lowest BCUT2D eigenvalue weighted by Gasteiger charge is -2.43. The fraction of sp³-hybridized carbons (Fsp3) is 0.231. The first-order valence-corrected chi connectivity index (χ1v) is 17.1. The molecule has 0 amide bonds. The summed E-state index contributed by atoms with van der Waals surface area (Å²) in [7, 11) is -2.70. The van der Waals surface area contributed by atoms with Crippen LogP contribution in [0.5, 0.6) is 5.75 Å². The summed E-state index contributed by atoms with van der Waals surface area (Å²) in [5.41, 5.74) is 4.86. The van der Waals surface area contributed by atoms with Gasteiger partial charge in [0.2, 0.25) is 0 Å². The molecule has 0 spiro atoms. The van der Waals surface area contributed by atoms with Crippen molar-refractivity contribution >= 4 is 30.3 Å². The predicted molar refractivity (Wildman–Crippen MR) is 182 cm³/mol. The molecule has 1 aliphatic heterocycles. The van der Waals surface area contributed by atoms with Crippen LogP contribution in [0.4, 0.5) is 4.39 Å². The van der Waals surface area contributed by atoms with Crippen molar-refractivity contribution in [3.8, 4) is 5.75 Å². The van der Waals surface area contributed by atoms with E-state index in [1.54, 1.807) is 6.07 Å². The normalized spacial score (nSPS) is 15.7. The van der Waals surface area contributed by atoms with Crippen molar-refractivity contribution in [3.05, 3.63) is 150 Å². The van der Waals surface area contributed by atoms with E-state index in [4.69, 9.17) is 9.16 Å². The van der Waals surface area contributed by atoms with Crippen LogP contribution in [0.25, 0.3) is 11.6 Å². The Balaban J connectivity index is 1.36. The molecule has 1 heterocycles. The van der Waals surface area contributed by atoms with Crippen LogP contribution in [-0.4, -0.2) is 32.7 Å². The van der Waals surface area contributed by atoms with Crippen molar-refractivity contribution < 1.29 is 18.7 Å². The van der Waals surface area contributed by atoms with Gasteiger partial charge in [0.1, 0.15) is 0 Å². The van der Waals surface area contributed by atoms with Gasteiger partial charge in [-0.25, -0.2) is 4.39 Å². The summed E-state index contributed by atoms with van der Waals surface area (Å²) in [6.07, 6.45) is 5.46. The number of phenols is 1. The van der Waals surface area contributed by atoms with Crippen LogP contribution in [0.2, 0.25) is 5.04 Å². The highest BCUT2D eigenvalue weighted by Gasteiger charge is 2.50. The molecule has 226 valence electrons. The zero-order valence-electron chi connectivity index (χ0n) is 25.8. The van der Waals surface area contributed by atoms with Gasteiger partial charge in [0.15, 0.2) is 11.6 Å². The number of ether oxygens (including phenoxy) is 1. The molecule has 4 aromatic carbocycles. The summed E-state index contributed by atoms with van der Waals surface area (Å²) in [5.74, 6) is -0.982. The minimum Gasteiger partial charge on any atom is -0.505 e. The van der Waals surface area contributed by atoms with Crippen molar-refractivity contribution in [3.63, 3.8) is 0 Å². The maximum Gasteiger partial charge on any atom is 0.261 e. The van der Waals surface area contributed by atoms with E-state index in [1.807, 2.05) is 24.3 Å². The number of rotatable bonds is 11. The van der Waals surface area contributed by atoms with Gasteiger partial charge in [0.05, 0.1) is 19.3 Å². The van der Waals surface area contributed by atoms with Gasteiger partial charge in [-0.15, -0.1) is 0 Å². The first kappa shape index (κ1) is 31.4. The number of allylic oxidation sites excluding steroid dienone is 1. The predicted octanol–water partition coefficient (Wildman–Crippen LogP) is 8.31. The van der Waals surface area contributed by atoms with Gasteiger partial charge in [-0.1, -0.05) is 137 Å². The van der Waals surface area contributed by atoms with Gasteiger partial charge in [-0.3, -0.25) is 0 Å². The van der Waals surface area contributed by atoms with Crippen molar-refractivity contribution in [1.29, 1.82) is 0 Å². The van der Waals surface area contributed by atoms with Gasteiger partial charge in [0, 0.05) is 0 Å². The fourth-order valence-corrected chi connectivity index (χ4v) is 10.7. The molecule has 0 saturated heterocycles. The van der Waals surface area contributed by atoms with E-state index in [9.17, 15) is 9.50 Å². The molecule has 1 unspecified atom stereocenters. The molecule has 0 fully saturated rings. The molecule has 1 N–H and O–H groups in total. The molecule has 4 aromatic rings. The van der Waals surface area contributed by atoms with Gasteiger partial charge in [-0.2, -0.15) is 0 Å². The summed E-state index contributed by atoms with van der Waals surface area (Å²) in [6.45, 7) is 12.3. The molecule has 5 heteroatoms. The molecule has 5 rings (SSSR count). The second kappa shape index (κ2) is 13.7. The summed E-state index contributed by atoms with van der Waals surface area (Å²) >= 11 is 0. The Hall–Kier alpha value is -4.03. The Labute approximate surface area is 262 Å².